The van der Waals surface area contributed by atoms with E-state index in [-0.39, 0.29) is 90.1 Å². The smallest absolute Gasteiger partial charge is 0.399 e. The van der Waals surface area contributed by atoms with Crippen LogP contribution in [0, 0.1) is 13.8 Å². The van der Waals surface area contributed by atoms with Gasteiger partial charge >= 0.3 is 13.1 Å². The van der Waals surface area contributed by atoms with Gasteiger partial charge in [0.05, 0.1) is 77.3 Å². The molecule has 8 aromatic heterocycles. The average molecular weight is 1630 g/mol. The van der Waals surface area contributed by atoms with Crippen LogP contribution in [-0.4, -0.2) is 224 Å². The first-order valence-corrected chi connectivity index (χ1v) is 39.3. The van der Waals surface area contributed by atoms with E-state index in [0.29, 0.717) is 37.1 Å². The fourth-order valence-electron chi connectivity index (χ4n) is 13.4. The maximum Gasteiger partial charge on any atom is 0.494 e. The number of nitrogens with two attached hydrogens (primary N) is 3. The van der Waals surface area contributed by atoms with E-state index in [1.165, 1.54) is 11.4 Å². The number of benzene rings is 3. The van der Waals surface area contributed by atoms with Crippen molar-refractivity contribution in [3.05, 3.63) is 156 Å². The number of anilines is 7. The highest BCUT2D eigenvalue weighted by Gasteiger charge is 2.51. The second-order valence-corrected chi connectivity index (χ2v) is 32.6. The average Bonchev–Trinajstić information content (AvgIpc) is 1.60. The molecule has 2 amide bonds. The number of aryl methyl sites for hydroxylation is 2. The van der Waals surface area contributed by atoms with Crippen LogP contribution in [0.25, 0.3) is 44.8 Å². The Morgan fingerprint density at radius 1 is 0.458 bits per heavy atom. The van der Waals surface area contributed by atoms with Gasteiger partial charge in [0.25, 0.3) is 0 Å². The number of carbonyl (C=O) groups excluding carboxylic acids is 1. The fraction of sp³-hybridized carbons (Fsp3) is 0.506. The first-order valence-electron chi connectivity index (χ1n) is 39.3. The number of carbonyl (C=O) groups is 1. The zero-order valence-corrected chi connectivity index (χ0v) is 69.0. The number of nitrogen functional groups attached to an aromatic ring is 2. The third-order valence-corrected chi connectivity index (χ3v) is 20.2. The summed E-state index contributed by atoms with van der Waals surface area (Å²) in [5.41, 5.74) is 28.3. The lowest BCUT2D eigenvalue weighted by molar-refractivity contribution is 0.00578. The second-order valence-electron chi connectivity index (χ2n) is 32.6. The lowest BCUT2D eigenvalue weighted by atomic mass is 9.79. The highest BCUT2D eigenvalue weighted by Crippen LogP contribution is 2.38. The van der Waals surface area contributed by atoms with E-state index < -0.39 is 0 Å². The first kappa shape index (κ1) is 95.1. The lowest BCUT2D eigenvalue weighted by Gasteiger charge is -2.32. The monoisotopic (exact) mass is 1630 g/mol. The van der Waals surface area contributed by atoms with Crippen molar-refractivity contribution in [1.29, 1.82) is 0 Å². The predicted octanol–water partition coefficient (Wildman–Crippen LogP) is 11.9. The number of nitrogens with one attached hydrogen (secondary N) is 2. The molecule has 0 saturated carbocycles. The van der Waals surface area contributed by atoms with Gasteiger partial charge in [-0.3, -0.25) is 0 Å². The van der Waals surface area contributed by atoms with Gasteiger partial charge in [0.15, 0.2) is 34.9 Å². The Morgan fingerprint density at radius 2 is 0.797 bits per heavy atom. The molecule has 0 bridgehead atoms. The molecule has 11 aromatic rings. The number of hydrogen-bond donors (Lipinski definition) is 7. The Labute approximate surface area is 698 Å². The van der Waals surface area contributed by atoms with Crippen LogP contribution < -0.4 is 52.9 Å². The molecule has 642 valence electrons. The molecular weight excluding hydrogens is 1490 g/mol. The molecule has 31 heteroatoms. The van der Waals surface area contributed by atoms with Crippen LogP contribution in [0.1, 0.15) is 148 Å². The molecule has 13 heterocycles. The number of fused-ring (bicyclic) bond motifs is 4. The van der Waals surface area contributed by atoms with E-state index in [4.69, 9.17) is 75.8 Å². The van der Waals surface area contributed by atoms with Crippen molar-refractivity contribution in [3.8, 4) is 22.8 Å². The molecular formula is C87H132BN21O9. The zero-order chi connectivity index (χ0) is 81.7. The second kappa shape index (κ2) is 41.5. The number of aliphatic hydroxyl groups is 2. The number of urea groups is 1. The SMILES string of the molecule is C.C.C.C.CC(C)(C)c1ccc2c(N3CCOCC3)nc(-c3ccc(N)cc3)nn12.CC(C)(C)c1ccc2c(N3CCOCC3)nc(-c3ccc(NC(=O)NCCO)cc3)nn12.CC1(C)OB(c2ccc(N)cc2)OC1(C)C.Cc1nc(N2CCOCC2)c2ccc(C(C)(C)C)n2n1.Cc1nc(N2CCOCC2)c2cccn2n1.NCCO. The molecule has 3 aromatic carbocycles. The number of hydrogen-bond acceptors (Lipinski definition) is 24. The van der Waals surface area contributed by atoms with Gasteiger partial charge in [-0.1, -0.05) is 104 Å². The fourth-order valence-corrected chi connectivity index (χ4v) is 13.4. The number of amides is 2. The summed E-state index contributed by atoms with van der Waals surface area (Å²) in [5, 5.41) is 40.6. The number of ether oxygens (including phenoxy) is 4. The van der Waals surface area contributed by atoms with Crippen molar-refractivity contribution >= 4 is 81.0 Å². The topological polar surface area (TPSA) is 349 Å². The molecule has 5 fully saturated rings. The van der Waals surface area contributed by atoms with Crippen LogP contribution in [0.15, 0.2) is 128 Å². The molecule has 0 radical (unpaired) electrons. The van der Waals surface area contributed by atoms with Gasteiger partial charge in [0.2, 0.25) is 0 Å². The summed E-state index contributed by atoms with van der Waals surface area (Å²) in [6.45, 7) is 45.1. The van der Waals surface area contributed by atoms with Gasteiger partial charge in [-0.2, -0.15) is 10.2 Å². The van der Waals surface area contributed by atoms with Gasteiger partial charge in [-0.15, -0.1) is 10.2 Å². The van der Waals surface area contributed by atoms with Gasteiger partial charge in [0.1, 0.15) is 33.7 Å². The van der Waals surface area contributed by atoms with Gasteiger partial charge in [0, 0.05) is 133 Å². The van der Waals surface area contributed by atoms with Gasteiger partial charge < -0.3 is 85.9 Å². The third kappa shape index (κ3) is 23.5. The summed E-state index contributed by atoms with van der Waals surface area (Å²) >= 11 is 0. The van der Waals surface area contributed by atoms with Crippen molar-refractivity contribution in [2.75, 3.05) is 168 Å². The Balaban J connectivity index is 0.000000204. The Kier molecular flexibility index (Phi) is 33.5. The molecule has 0 atom stereocenters. The van der Waals surface area contributed by atoms with Crippen LogP contribution in [0.5, 0.6) is 0 Å². The standard InChI is InChI=1S/C23H30N6O3.C20H25N5O.C15H22N4O.C12H18BNO2.C11H14N4O.C2H7NO.4CH4/c1-23(2,3)19-9-8-18-21(28-11-14-32-15-12-28)26-20(27-29(18)19)16-4-6-17(7-5-16)25-22(31)24-10-13-30;1-20(2,3)17-9-8-16-19(24-10-12-26-13-11-24)22-18(23-25(16)17)14-4-6-15(21)7-5-14;1-11-16-14(18-7-9-20-10-8-18)12-5-6-13(15(2,3)4)19(12)17-11;1-11(2)12(3,4)16-13(15-11)9-5-7-10(14)8-6-9;1-9-12-11(14-5-7-16-8-6-14)10-3-2-4-15(10)13-9;3-1-2-4;;;;/h4-9,30H,10-15H2,1-3H3,(H2,24,25,31);4-9H,10-13,21H2,1-3H3;5-6H,7-10H2,1-4H3;5-8H,14H2,1-4H3;2-4H,5-8H2,1H3;4H,1-3H2;4*1H4. The molecule has 0 unspecified atom stereocenters. The first-order chi connectivity index (χ1) is 54.3. The Morgan fingerprint density at radius 3 is 1.16 bits per heavy atom. The summed E-state index contributed by atoms with van der Waals surface area (Å²) in [7, 11) is -0.300. The van der Waals surface area contributed by atoms with E-state index in [2.05, 4.69) is 149 Å². The van der Waals surface area contributed by atoms with Crippen molar-refractivity contribution in [1.82, 2.24) is 63.7 Å². The quantitative estimate of drug-likeness (QED) is 0.0467. The predicted molar refractivity (Wildman–Crippen MR) is 479 cm³/mol. The van der Waals surface area contributed by atoms with E-state index in [1.54, 1.807) is 0 Å². The number of aromatic nitrogens is 12. The highest BCUT2D eigenvalue weighted by molar-refractivity contribution is 6.62. The third-order valence-electron chi connectivity index (χ3n) is 20.2. The van der Waals surface area contributed by atoms with E-state index >= 15 is 0 Å². The molecule has 5 aliphatic heterocycles. The lowest BCUT2D eigenvalue weighted by Crippen LogP contribution is -2.41. The minimum atomic E-state index is -0.360. The maximum atomic E-state index is 11.8. The Bertz CT molecular complexity index is 4930. The van der Waals surface area contributed by atoms with Crippen LogP contribution in [-0.2, 0) is 44.5 Å². The minimum absolute atomic E-state index is 0. The van der Waals surface area contributed by atoms with Gasteiger partial charge in [-0.25, -0.2) is 42.8 Å². The zero-order valence-electron chi connectivity index (χ0n) is 69.0. The summed E-state index contributed by atoms with van der Waals surface area (Å²) in [6, 6.07) is 39.2. The molecule has 0 spiro atoms. The molecule has 5 aliphatic rings. The Hall–Kier alpha value is -10.1. The number of nitrogens with zero attached hydrogens (tertiary/aromatic N) is 16. The summed E-state index contributed by atoms with van der Waals surface area (Å²) in [6.07, 6.45) is 1.95. The molecule has 5 saturated heterocycles. The number of morpholine rings is 4. The van der Waals surface area contributed by atoms with Gasteiger partial charge in [-0.05, 0) is 156 Å². The highest BCUT2D eigenvalue weighted by atomic mass is 16.7. The molecule has 0 aliphatic carbocycles. The molecule has 16 rings (SSSR count). The van der Waals surface area contributed by atoms with Crippen molar-refractivity contribution in [3.63, 3.8) is 0 Å². The largest absolute Gasteiger partial charge is 0.494 e. The van der Waals surface area contributed by atoms with Crippen molar-refractivity contribution in [2.24, 2.45) is 5.73 Å². The molecule has 10 N–H and O–H groups in total. The number of aliphatic hydroxyl groups excluding tert-OH is 2. The number of rotatable bonds is 11. The summed E-state index contributed by atoms with van der Waals surface area (Å²) in [5.74, 6) is 6.84. The van der Waals surface area contributed by atoms with Crippen molar-refractivity contribution < 1.29 is 43.3 Å². The van der Waals surface area contributed by atoms with Crippen LogP contribution in [0.3, 0.4) is 0 Å². The summed E-state index contributed by atoms with van der Waals surface area (Å²) < 4.78 is 41.7. The van der Waals surface area contributed by atoms with E-state index in [9.17, 15) is 4.79 Å². The van der Waals surface area contributed by atoms with Crippen LogP contribution >= 0.6 is 0 Å². The molecule has 118 heavy (non-hydrogen) atoms. The van der Waals surface area contributed by atoms with E-state index in [0.717, 1.165) is 183 Å². The normalized spacial score (nSPS) is 15.8. The maximum absolute atomic E-state index is 11.8. The molecule has 30 nitrogen and oxygen atoms in total. The minimum Gasteiger partial charge on any atom is -0.399 e. The van der Waals surface area contributed by atoms with Crippen molar-refractivity contribution in [2.45, 2.75) is 161 Å². The van der Waals surface area contributed by atoms with Crippen LogP contribution in [0.2, 0.25) is 0 Å². The van der Waals surface area contributed by atoms with Crippen LogP contribution in [0.4, 0.5) is 45.1 Å². The van der Waals surface area contributed by atoms with E-state index in [1.807, 2.05) is 151 Å². The summed E-state index contributed by atoms with van der Waals surface area (Å²) in [4.78, 5) is 39.9.